The summed E-state index contributed by atoms with van der Waals surface area (Å²) in [6.45, 7) is 0.722. The lowest BCUT2D eigenvalue weighted by atomic mass is 10.0. The summed E-state index contributed by atoms with van der Waals surface area (Å²) in [6, 6.07) is 8.37. The maximum absolute atomic E-state index is 12.4. The Balaban J connectivity index is 1.61. The van der Waals surface area contributed by atoms with Crippen LogP contribution in [0.2, 0.25) is 0 Å². The fourth-order valence-corrected chi connectivity index (χ4v) is 3.48. The predicted molar refractivity (Wildman–Crippen MR) is 87.1 cm³/mol. The van der Waals surface area contributed by atoms with E-state index in [1.807, 2.05) is 18.2 Å². The Morgan fingerprint density at radius 3 is 2.55 bits per heavy atom. The van der Waals surface area contributed by atoms with Crippen molar-refractivity contribution in [2.75, 3.05) is 6.61 Å². The number of amides is 2. The smallest absolute Gasteiger partial charge is 0.315 e. The standard InChI is InChI=1S/C18H26N2O2/c21-18(19-14-8-3-1-2-4-9-14)20-16-11-7-13-22-17-12-6-5-10-15(16)17/h5-6,10,12,14,16H,1-4,7-9,11,13H2,(H2,19,20,21). The van der Waals surface area contributed by atoms with E-state index >= 15 is 0 Å². The van der Waals surface area contributed by atoms with E-state index in [0.717, 1.165) is 43.6 Å². The Labute approximate surface area is 132 Å². The fourth-order valence-electron chi connectivity index (χ4n) is 3.48. The van der Waals surface area contributed by atoms with Crippen LogP contribution in [-0.4, -0.2) is 18.7 Å². The van der Waals surface area contributed by atoms with Gasteiger partial charge in [0.05, 0.1) is 12.6 Å². The number of para-hydroxylation sites is 1. The Morgan fingerprint density at radius 1 is 0.955 bits per heavy atom. The topological polar surface area (TPSA) is 50.4 Å². The first-order chi connectivity index (χ1) is 10.8. The molecule has 2 amide bonds. The minimum Gasteiger partial charge on any atom is -0.493 e. The van der Waals surface area contributed by atoms with Gasteiger partial charge >= 0.3 is 6.03 Å². The van der Waals surface area contributed by atoms with Crippen LogP contribution in [0.4, 0.5) is 4.79 Å². The van der Waals surface area contributed by atoms with Crippen molar-refractivity contribution in [3.8, 4) is 5.75 Å². The molecule has 1 fully saturated rings. The molecule has 1 aliphatic carbocycles. The molecule has 0 radical (unpaired) electrons. The van der Waals surface area contributed by atoms with Crippen LogP contribution in [0.1, 0.15) is 63.0 Å². The van der Waals surface area contributed by atoms with E-state index in [1.54, 1.807) is 0 Å². The van der Waals surface area contributed by atoms with Crippen molar-refractivity contribution in [1.82, 2.24) is 10.6 Å². The third-order valence-corrected chi connectivity index (χ3v) is 4.68. The van der Waals surface area contributed by atoms with Gasteiger partial charge in [-0.25, -0.2) is 4.79 Å². The number of carbonyl (C=O) groups excluding carboxylic acids is 1. The first kappa shape index (κ1) is 15.2. The summed E-state index contributed by atoms with van der Waals surface area (Å²) in [5.74, 6) is 0.903. The second kappa shape index (κ2) is 7.52. The highest BCUT2D eigenvalue weighted by atomic mass is 16.5. The van der Waals surface area contributed by atoms with E-state index in [9.17, 15) is 4.79 Å². The van der Waals surface area contributed by atoms with E-state index in [1.165, 1.54) is 25.7 Å². The van der Waals surface area contributed by atoms with Gasteiger partial charge in [-0.15, -0.1) is 0 Å². The van der Waals surface area contributed by atoms with Crippen LogP contribution < -0.4 is 15.4 Å². The lowest BCUT2D eigenvalue weighted by Crippen LogP contribution is -2.43. The minimum absolute atomic E-state index is 0.0337. The summed E-state index contributed by atoms with van der Waals surface area (Å²) in [5, 5.41) is 6.32. The first-order valence-corrected chi connectivity index (χ1v) is 8.62. The summed E-state index contributed by atoms with van der Waals surface area (Å²) < 4.78 is 5.76. The van der Waals surface area contributed by atoms with Gasteiger partial charge in [0.2, 0.25) is 0 Å². The van der Waals surface area contributed by atoms with Crippen molar-refractivity contribution in [2.45, 2.75) is 63.5 Å². The third-order valence-electron chi connectivity index (χ3n) is 4.68. The molecule has 120 valence electrons. The molecular formula is C18H26N2O2. The quantitative estimate of drug-likeness (QED) is 0.813. The van der Waals surface area contributed by atoms with Gasteiger partial charge in [-0.05, 0) is 31.7 Å². The molecular weight excluding hydrogens is 276 g/mol. The SMILES string of the molecule is O=C(NC1CCCCCC1)NC1CCCOc2ccccc21. The number of benzene rings is 1. The Morgan fingerprint density at radius 2 is 1.73 bits per heavy atom. The van der Waals surface area contributed by atoms with Crippen molar-refractivity contribution in [3.05, 3.63) is 29.8 Å². The molecule has 1 atom stereocenters. The molecule has 0 spiro atoms. The van der Waals surface area contributed by atoms with Crippen LogP contribution in [0, 0.1) is 0 Å². The van der Waals surface area contributed by atoms with Gasteiger partial charge in [0.1, 0.15) is 5.75 Å². The van der Waals surface area contributed by atoms with E-state index in [4.69, 9.17) is 4.74 Å². The van der Waals surface area contributed by atoms with Crippen LogP contribution in [-0.2, 0) is 0 Å². The zero-order valence-electron chi connectivity index (χ0n) is 13.1. The molecule has 22 heavy (non-hydrogen) atoms. The summed E-state index contributed by atoms with van der Waals surface area (Å²) in [6.07, 6.45) is 9.16. The van der Waals surface area contributed by atoms with Crippen molar-refractivity contribution in [3.63, 3.8) is 0 Å². The molecule has 1 aliphatic heterocycles. The van der Waals surface area contributed by atoms with Gasteiger partial charge in [-0.2, -0.15) is 0 Å². The molecule has 1 unspecified atom stereocenters. The number of carbonyl (C=O) groups is 1. The number of hydrogen-bond donors (Lipinski definition) is 2. The molecule has 3 rings (SSSR count). The molecule has 1 aromatic rings. The summed E-state index contributed by atoms with van der Waals surface area (Å²) in [5.41, 5.74) is 1.09. The Bertz CT molecular complexity index is 496. The summed E-state index contributed by atoms with van der Waals surface area (Å²) in [7, 11) is 0. The molecule has 0 aromatic heterocycles. The van der Waals surface area contributed by atoms with Gasteiger partial charge in [0.25, 0.3) is 0 Å². The number of nitrogens with one attached hydrogen (secondary N) is 2. The average molecular weight is 302 g/mol. The largest absolute Gasteiger partial charge is 0.493 e. The normalized spacial score (nSPS) is 22.6. The predicted octanol–water partition coefficient (Wildman–Crippen LogP) is 3.92. The van der Waals surface area contributed by atoms with Gasteiger partial charge in [-0.3, -0.25) is 0 Å². The lowest BCUT2D eigenvalue weighted by molar-refractivity contribution is 0.231. The molecule has 1 saturated carbocycles. The molecule has 4 heteroatoms. The van der Waals surface area contributed by atoms with Gasteiger partial charge < -0.3 is 15.4 Å². The highest BCUT2D eigenvalue weighted by Crippen LogP contribution is 2.31. The van der Waals surface area contributed by atoms with Crippen LogP contribution in [0.5, 0.6) is 5.75 Å². The van der Waals surface area contributed by atoms with E-state index < -0.39 is 0 Å². The molecule has 0 saturated heterocycles. The number of fused-ring (bicyclic) bond motifs is 1. The third kappa shape index (κ3) is 3.93. The number of ether oxygens (including phenoxy) is 1. The average Bonchev–Trinajstić information content (AvgIpc) is 2.89. The minimum atomic E-state index is -0.0337. The second-order valence-corrected chi connectivity index (χ2v) is 6.39. The maximum atomic E-state index is 12.4. The number of rotatable bonds is 2. The number of hydrogen-bond acceptors (Lipinski definition) is 2. The molecule has 0 bridgehead atoms. The van der Waals surface area contributed by atoms with Crippen LogP contribution in [0.3, 0.4) is 0 Å². The van der Waals surface area contributed by atoms with Gasteiger partial charge in [-0.1, -0.05) is 43.9 Å². The van der Waals surface area contributed by atoms with Crippen molar-refractivity contribution in [1.29, 1.82) is 0 Å². The van der Waals surface area contributed by atoms with Crippen molar-refractivity contribution >= 4 is 6.03 Å². The molecule has 1 heterocycles. The van der Waals surface area contributed by atoms with Crippen molar-refractivity contribution in [2.24, 2.45) is 0 Å². The van der Waals surface area contributed by atoms with E-state index in [0.29, 0.717) is 6.04 Å². The van der Waals surface area contributed by atoms with E-state index in [2.05, 4.69) is 16.7 Å². The number of urea groups is 1. The van der Waals surface area contributed by atoms with Crippen LogP contribution in [0.25, 0.3) is 0 Å². The molecule has 2 N–H and O–H groups in total. The lowest BCUT2D eigenvalue weighted by Gasteiger charge is -2.22. The molecule has 4 nitrogen and oxygen atoms in total. The summed E-state index contributed by atoms with van der Waals surface area (Å²) >= 11 is 0. The summed E-state index contributed by atoms with van der Waals surface area (Å²) in [4.78, 5) is 12.4. The fraction of sp³-hybridized carbons (Fsp3) is 0.611. The van der Waals surface area contributed by atoms with E-state index in [-0.39, 0.29) is 12.1 Å². The zero-order valence-corrected chi connectivity index (χ0v) is 13.1. The van der Waals surface area contributed by atoms with Gasteiger partial charge in [0.15, 0.2) is 0 Å². The first-order valence-electron chi connectivity index (χ1n) is 8.62. The van der Waals surface area contributed by atoms with Crippen LogP contribution >= 0.6 is 0 Å². The Kier molecular flexibility index (Phi) is 5.20. The maximum Gasteiger partial charge on any atom is 0.315 e. The molecule has 2 aliphatic rings. The highest BCUT2D eigenvalue weighted by Gasteiger charge is 2.22. The monoisotopic (exact) mass is 302 g/mol. The van der Waals surface area contributed by atoms with Gasteiger partial charge in [0, 0.05) is 11.6 Å². The van der Waals surface area contributed by atoms with Crippen molar-refractivity contribution < 1.29 is 9.53 Å². The zero-order chi connectivity index (χ0) is 15.2. The molecule has 1 aromatic carbocycles. The Hall–Kier alpha value is -1.71. The van der Waals surface area contributed by atoms with Crippen LogP contribution in [0.15, 0.2) is 24.3 Å². The highest BCUT2D eigenvalue weighted by molar-refractivity contribution is 5.75. The second-order valence-electron chi connectivity index (χ2n) is 6.39.